The topological polar surface area (TPSA) is 65.5 Å². The van der Waals surface area contributed by atoms with Crippen molar-refractivity contribution in [2.45, 2.75) is 70.5 Å². The molecule has 33 heavy (non-hydrogen) atoms. The minimum Gasteiger partial charge on any atom is -0.490 e. The molecule has 1 unspecified atom stereocenters. The maximum atomic E-state index is 6.20. The third-order valence-electron chi connectivity index (χ3n) is 6.06. The molecular formula is C25H37Cl2N3O3. The molecule has 1 aromatic heterocycles. The van der Waals surface area contributed by atoms with Crippen LogP contribution in [0.2, 0.25) is 0 Å². The van der Waals surface area contributed by atoms with Gasteiger partial charge in [0, 0.05) is 24.7 Å². The van der Waals surface area contributed by atoms with Gasteiger partial charge in [-0.25, -0.2) is 0 Å². The first-order valence-corrected chi connectivity index (χ1v) is 11.9. The van der Waals surface area contributed by atoms with E-state index in [0.717, 1.165) is 74.4 Å². The summed E-state index contributed by atoms with van der Waals surface area (Å²) in [5, 5.41) is 12.2. The van der Waals surface area contributed by atoms with Crippen molar-refractivity contribution in [3.63, 3.8) is 0 Å². The molecule has 2 heterocycles. The van der Waals surface area contributed by atoms with Gasteiger partial charge in [0.25, 0.3) is 0 Å². The molecule has 0 spiro atoms. The summed E-state index contributed by atoms with van der Waals surface area (Å²) in [6, 6.07) is 10.4. The molecule has 2 fully saturated rings. The van der Waals surface area contributed by atoms with Gasteiger partial charge >= 0.3 is 0 Å². The second-order valence-corrected chi connectivity index (χ2v) is 8.56. The first kappa shape index (κ1) is 27.6. The zero-order chi connectivity index (χ0) is 21.3. The van der Waals surface area contributed by atoms with E-state index in [9.17, 15) is 0 Å². The fourth-order valence-electron chi connectivity index (χ4n) is 4.24. The Labute approximate surface area is 210 Å². The number of nitrogens with zero attached hydrogens (tertiary/aromatic N) is 2. The van der Waals surface area contributed by atoms with Gasteiger partial charge in [-0.2, -0.15) is 5.10 Å². The molecule has 8 heteroatoms. The molecule has 1 aliphatic carbocycles. The van der Waals surface area contributed by atoms with Crippen molar-refractivity contribution in [1.82, 2.24) is 15.5 Å². The molecule has 1 aliphatic heterocycles. The SMILES string of the molecule is CCCCc1nnc(OCC2CNCCO2)cc1-c1ccc(OC2CCCCC2)cc1.Cl.Cl. The second kappa shape index (κ2) is 14.6. The van der Waals surface area contributed by atoms with Crippen LogP contribution in [0.1, 0.15) is 57.6 Å². The lowest BCUT2D eigenvalue weighted by atomic mass is 9.97. The van der Waals surface area contributed by atoms with Gasteiger partial charge in [0.05, 0.1) is 18.4 Å². The number of nitrogens with one attached hydrogen (secondary N) is 1. The van der Waals surface area contributed by atoms with Gasteiger partial charge in [-0.3, -0.25) is 0 Å². The number of rotatable bonds is 9. The van der Waals surface area contributed by atoms with E-state index < -0.39 is 0 Å². The van der Waals surface area contributed by atoms with Gasteiger partial charge in [0.2, 0.25) is 5.88 Å². The van der Waals surface area contributed by atoms with Crippen LogP contribution in [0, 0.1) is 0 Å². The molecule has 6 nitrogen and oxygen atoms in total. The zero-order valence-corrected chi connectivity index (χ0v) is 21.1. The Hall–Kier alpha value is -1.60. The molecule has 184 valence electrons. The van der Waals surface area contributed by atoms with E-state index in [2.05, 4.69) is 46.7 Å². The van der Waals surface area contributed by atoms with Crippen molar-refractivity contribution in [3.8, 4) is 22.8 Å². The predicted molar refractivity (Wildman–Crippen MR) is 136 cm³/mol. The number of morpholine rings is 1. The van der Waals surface area contributed by atoms with Crippen molar-refractivity contribution in [2.75, 3.05) is 26.3 Å². The van der Waals surface area contributed by atoms with Crippen LogP contribution in [-0.2, 0) is 11.2 Å². The number of benzene rings is 1. The van der Waals surface area contributed by atoms with Gasteiger partial charge < -0.3 is 19.5 Å². The standard InChI is InChI=1S/C25H35N3O3.2ClH/c1-2-3-9-24-23(16-25(28-27-24)30-18-22-17-26-14-15-29-22)19-10-12-21(13-11-19)31-20-7-5-4-6-8-20;;/h10-13,16,20,22,26H,2-9,14-15,17-18H2,1H3;2*1H. The first-order chi connectivity index (χ1) is 15.3. The molecule has 4 rings (SSSR count). The number of hydrogen-bond acceptors (Lipinski definition) is 6. The summed E-state index contributed by atoms with van der Waals surface area (Å²) in [4.78, 5) is 0. The molecule has 1 saturated carbocycles. The van der Waals surface area contributed by atoms with Crippen LogP contribution in [0.15, 0.2) is 30.3 Å². The Morgan fingerprint density at radius 2 is 1.85 bits per heavy atom. The summed E-state index contributed by atoms with van der Waals surface area (Å²) < 4.78 is 17.8. The lowest BCUT2D eigenvalue weighted by Gasteiger charge is -2.23. The van der Waals surface area contributed by atoms with E-state index in [1.165, 1.54) is 19.3 Å². The maximum absolute atomic E-state index is 6.20. The molecular weight excluding hydrogens is 461 g/mol. The van der Waals surface area contributed by atoms with Crippen molar-refractivity contribution in [1.29, 1.82) is 0 Å². The summed E-state index contributed by atoms with van der Waals surface area (Å²) in [5.41, 5.74) is 3.23. The third-order valence-corrected chi connectivity index (χ3v) is 6.06. The average molecular weight is 498 g/mol. The number of hydrogen-bond donors (Lipinski definition) is 1. The van der Waals surface area contributed by atoms with Crippen molar-refractivity contribution in [3.05, 3.63) is 36.0 Å². The van der Waals surface area contributed by atoms with E-state index in [4.69, 9.17) is 14.2 Å². The van der Waals surface area contributed by atoms with Crippen LogP contribution < -0.4 is 14.8 Å². The Morgan fingerprint density at radius 3 is 2.55 bits per heavy atom. The number of unbranched alkanes of at least 4 members (excludes halogenated alkanes) is 1. The Bertz CT molecular complexity index is 811. The highest BCUT2D eigenvalue weighted by Crippen LogP contribution is 2.29. The van der Waals surface area contributed by atoms with Gasteiger partial charge in [-0.05, 0) is 56.2 Å². The minimum absolute atomic E-state index is 0. The minimum atomic E-state index is 0. The number of aryl methyl sites for hydroxylation is 1. The monoisotopic (exact) mass is 497 g/mol. The van der Waals surface area contributed by atoms with Crippen LogP contribution >= 0.6 is 24.8 Å². The molecule has 2 aromatic rings. The van der Waals surface area contributed by atoms with E-state index in [-0.39, 0.29) is 30.9 Å². The normalized spacial score (nSPS) is 18.6. The van der Waals surface area contributed by atoms with E-state index in [1.807, 2.05) is 6.07 Å². The average Bonchev–Trinajstić information content (AvgIpc) is 2.83. The van der Waals surface area contributed by atoms with Gasteiger partial charge in [0.15, 0.2) is 0 Å². The number of aromatic nitrogens is 2. The van der Waals surface area contributed by atoms with Crippen LogP contribution in [-0.4, -0.2) is 48.7 Å². The largest absolute Gasteiger partial charge is 0.490 e. The Kier molecular flexibility index (Phi) is 12.2. The Morgan fingerprint density at radius 1 is 1.06 bits per heavy atom. The maximum Gasteiger partial charge on any atom is 0.234 e. The van der Waals surface area contributed by atoms with Gasteiger partial charge in [0.1, 0.15) is 18.5 Å². The summed E-state index contributed by atoms with van der Waals surface area (Å²) >= 11 is 0. The highest BCUT2D eigenvalue weighted by molar-refractivity contribution is 5.85. The lowest BCUT2D eigenvalue weighted by Crippen LogP contribution is -2.41. The number of halogens is 2. The summed E-state index contributed by atoms with van der Waals surface area (Å²) in [7, 11) is 0. The van der Waals surface area contributed by atoms with Gasteiger partial charge in [-0.15, -0.1) is 29.9 Å². The predicted octanol–water partition coefficient (Wildman–Crippen LogP) is 5.41. The quantitative estimate of drug-likeness (QED) is 0.499. The smallest absolute Gasteiger partial charge is 0.234 e. The van der Waals surface area contributed by atoms with Crippen molar-refractivity contribution < 1.29 is 14.2 Å². The van der Waals surface area contributed by atoms with Crippen molar-refractivity contribution >= 4 is 24.8 Å². The van der Waals surface area contributed by atoms with Crippen LogP contribution in [0.4, 0.5) is 0 Å². The van der Waals surface area contributed by atoms with Crippen molar-refractivity contribution in [2.24, 2.45) is 0 Å². The second-order valence-electron chi connectivity index (χ2n) is 8.56. The van der Waals surface area contributed by atoms with E-state index >= 15 is 0 Å². The molecule has 1 atom stereocenters. The molecule has 0 radical (unpaired) electrons. The molecule has 1 saturated heterocycles. The first-order valence-electron chi connectivity index (χ1n) is 11.9. The fourth-order valence-corrected chi connectivity index (χ4v) is 4.24. The molecule has 0 bridgehead atoms. The van der Waals surface area contributed by atoms with E-state index in [0.29, 0.717) is 18.6 Å². The van der Waals surface area contributed by atoms with Crippen LogP contribution in [0.3, 0.4) is 0 Å². The highest BCUT2D eigenvalue weighted by Gasteiger charge is 2.17. The third kappa shape index (κ3) is 8.29. The molecule has 1 N–H and O–H groups in total. The molecule has 1 aromatic carbocycles. The zero-order valence-electron chi connectivity index (χ0n) is 19.5. The lowest BCUT2D eigenvalue weighted by molar-refractivity contribution is -0.000930. The highest BCUT2D eigenvalue weighted by atomic mass is 35.5. The van der Waals surface area contributed by atoms with Gasteiger partial charge in [-0.1, -0.05) is 31.9 Å². The summed E-state index contributed by atoms with van der Waals surface area (Å²) in [6.45, 7) is 5.09. The molecule has 0 amide bonds. The molecule has 2 aliphatic rings. The van der Waals surface area contributed by atoms with Crippen LogP contribution in [0.25, 0.3) is 11.1 Å². The van der Waals surface area contributed by atoms with E-state index in [1.54, 1.807) is 0 Å². The summed E-state index contributed by atoms with van der Waals surface area (Å²) in [6.07, 6.45) is 9.75. The Balaban J connectivity index is 0.00000193. The number of ether oxygens (including phenoxy) is 3. The fraction of sp³-hybridized carbons (Fsp3) is 0.600. The van der Waals surface area contributed by atoms with Crippen LogP contribution in [0.5, 0.6) is 11.6 Å². The summed E-state index contributed by atoms with van der Waals surface area (Å²) in [5.74, 6) is 1.50.